The van der Waals surface area contributed by atoms with Crippen LogP contribution in [0.4, 0.5) is 4.79 Å². The first kappa shape index (κ1) is 20.8. The van der Waals surface area contributed by atoms with Gasteiger partial charge in [-0.3, -0.25) is 9.59 Å². The van der Waals surface area contributed by atoms with E-state index in [-0.39, 0.29) is 24.5 Å². The number of carbonyl (C=O) groups excluding carboxylic acids is 3. The van der Waals surface area contributed by atoms with Gasteiger partial charge < -0.3 is 9.64 Å². The molecule has 0 aromatic heterocycles. The summed E-state index contributed by atoms with van der Waals surface area (Å²) < 4.78 is 7.00. The lowest BCUT2D eigenvalue weighted by atomic mass is 9.96. The first-order valence-corrected chi connectivity index (χ1v) is 9.26. The van der Waals surface area contributed by atoms with Gasteiger partial charge in [-0.1, -0.05) is 0 Å². The van der Waals surface area contributed by atoms with Gasteiger partial charge in [-0.2, -0.15) is 9.48 Å². The summed E-state index contributed by atoms with van der Waals surface area (Å²) in [6.45, 7) is 11.4. The van der Waals surface area contributed by atoms with Gasteiger partial charge in [0.15, 0.2) is 12.5 Å². The van der Waals surface area contributed by atoms with Crippen LogP contribution in [0.3, 0.4) is 0 Å². The lowest BCUT2D eigenvalue weighted by Crippen LogP contribution is -2.58. The minimum absolute atomic E-state index is 0.0345. The highest BCUT2D eigenvalue weighted by Gasteiger charge is 2.51. The number of rotatable bonds is 6. The van der Waals surface area contributed by atoms with Gasteiger partial charge in [-0.05, 0) is 41.5 Å². The van der Waals surface area contributed by atoms with Crippen molar-refractivity contribution in [1.29, 1.82) is 0 Å². The molecule has 4 amide bonds. The predicted octanol–water partition coefficient (Wildman–Crippen LogP) is 1.65. The van der Waals surface area contributed by atoms with Crippen LogP contribution >= 0.6 is 0 Å². The Morgan fingerprint density at radius 1 is 1.30 bits per heavy atom. The van der Waals surface area contributed by atoms with E-state index in [1.165, 1.54) is 4.58 Å². The Labute approximate surface area is 160 Å². The number of amides is 4. The molecule has 2 heterocycles. The van der Waals surface area contributed by atoms with Crippen molar-refractivity contribution in [1.82, 2.24) is 9.80 Å². The van der Waals surface area contributed by atoms with Crippen LogP contribution in [-0.2, 0) is 14.3 Å². The van der Waals surface area contributed by atoms with Crippen LogP contribution in [0, 0.1) is 5.92 Å². The molecule has 0 N–H and O–H groups in total. The van der Waals surface area contributed by atoms with Crippen molar-refractivity contribution in [2.24, 2.45) is 10.9 Å². The monoisotopic (exact) mass is 377 g/mol. The molecular formula is C19H29N4O4+. The van der Waals surface area contributed by atoms with Gasteiger partial charge in [0.05, 0.1) is 13.7 Å². The molecular weight excluding hydrogens is 348 g/mol. The molecule has 8 heteroatoms. The minimum Gasteiger partial charge on any atom is -0.496 e. The second kappa shape index (κ2) is 8.02. The highest BCUT2D eigenvalue weighted by atomic mass is 16.5. The van der Waals surface area contributed by atoms with Crippen LogP contribution in [0.15, 0.2) is 16.3 Å². The molecule has 148 valence electrons. The zero-order chi connectivity index (χ0) is 20.5. The third-order valence-corrected chi connectivity index (χ3v) is 4.67. The Hall–Kier alpha value is -2.51. The standard InChI is InChI=1S/C19H29N4O4/c1-8-27-16-13(6)9-20-17-15(16)18(25)22(19(26)21(17)7)10-14(24)23(11(2)3)12(4)5/h9,11-12,15H,8,10H2,1-7H3/q+1. The van der Waals surface area contributed by atoms with Crippen molar-refractivity contribution in [3.05, 3.63) is 11.3 Å². The van der Waals surface area contributed by atoms with E-state index in [0.717, 1.165) is 10.5 Å². The van der Waals surface area contributed by atoms with Crippen molar-refractivity contribution in [3.8, 4) is 0 Å². The molecule has 0 radical (unpaired) electrons. The van der Waals surface area contributed by atoms with Gasteiger partial charge in [0, 0.05) is 17.7 Å². The molecule has 0 spiro atoms. The predicted molar refractivity (Wildman–Crippen MR) is 102 cm³/mol. The Bertz CT molecular complexity index is 741. The smallest absolute Gasteiger partial charge is 0.446 e. The van der Waals surface area contributed by atoms with E-state index in [2.05, 4.69) is 4.99 Å². The number of amidine groups is 1. The molecule has 2 aliphatic heterocycles. The van der Waals surface area contributed by atoms with Crippen molar-refractivity contribution in [2.75, 3.05) is 20.2 Å². The van der Waals surface area contributed by atoms with Gasteiger partial charge in [0.25, 0.3) is 11.7 Å². The first-order chi connectivity index (χ1) is 12.6. The molecule has 2 rings (SSSR count). The summed E-state index contributed by atoms with van der Waals surface area (Å²) in [7, 11) is 1.55. The fraction of sp³-hybridized carbons (Fsp3) is 0.632. The van der Waals surface area contributed by atoms with Crippen molar-refractivity contribution < 1.29 is 23.7 Å². The Morgan fingerprint density at radius 3 is 2.41 bits per heavy atom. The number of carbonyl (C=O) groups is 3. The van der Waals surface area contributed by atoms with Crippen molar-refractivity contribution >= 4 is 29.9 Å². The lowest BCUT2D eigenvalue weighted by Gasteiger charge is -2.33. The largest absolute Gasteiger partial charge is 0.496 e. The fourth-order valence-corrected chi connectivity index (χ4v) is 3.57. The number of nitrogens with zero attached hydrogens (tertiary/aromatic N) is 4. The molecule has 0 saturated heterocycles. The van der Waals surface area contributed by atoms with E-state index < -0.39 is 17.9 Å². The Kier molecular flexibility index (Phi) is 6.18. The molecule has 0 fully saturated rings. The van der Waals surface area contributed by atoms with Gasteiger partial charge in [-0.15, -0.1) is 4.99 Å². The summed E-state index contributed by atoms with van der Waals surface area (Å²) in [6.07, 6.45) is 1.59. The molecule has 8 nitrogen and oxygen atoms in total. The Balaban J connectivity index is 2.40. The SMILES string of the molecule is CCOC1=C(C)C=NC2=[N+](C)C(=O)N(CC(=O)N(C(C)C)C(C)C)C(=O)C12. The van der Waals surface area contributed by atoms with Crippen LogP contribution in [0.5, 0.6) is 0 Å². The van der Waals surface area contributed by atoms with Crippen LogP contribution in [-0.4, -0.2) is 76.6 Å². The van der Waals surface area contributed by atoms with Crippen LogP contribution in [0.2, 0.25) is 0 Å². The third-order valence-electron chi connectivity index (χ3n) is 4.67. The van der Waals surface area contributed by atoms with E-state index in [9.17, 15) is 14.4 Å². The Morgan fingerprint density at radius 2 is 1.89 bits per heavy atom. The molecule has 2 aliphatic rings. The van der Waals surface area contributed by atoms with Crippen LogP contribution in [0.25, 0.3) is 0 Å². The van der Waals surface area contributed by atoms with Gasteiger partial charge >= 0.3 is 11.9 Å². The summed E-state index contributed by atoms with van der Waals surface area (Å²) in [6, 6.07) is -0.625. The van der Waals surface area contributed by atoms with Crippen LogP contribution in [0.1, 0.15) is 41.5 Å². The maximum Gasteiger partial charge on any atom is 0.446 e. The molecule has 1 unspecified atom stereocenters. The number of urea groups is 1. The van der Waals surface area contributed by atoms with E-state index in [4.69, 9.17) is 4.74 Å². The van der Waals surface area contributed by atoms with Gasteiger partial charge in [0.2, 0.25) is 0 Å². The molecule has 27 heavy (non-hydrogen) atoms. The third kappa shape index (κ3) is 3.79. The molecule has 0 bridgehead atoms. The highest BCUT2D eigenvalue weighted by molar-refractivity contribution is 6.16. The summed E-state index contributed by atoms with van der Waals surface area (Å²) in [5.41, 5.74) is 0.735. The minimum atomic E-state index is -0.808. The fourth-order valence-electron chi connectivity index (χ4n) is 3.57. The number of fused-ring (bicyclic) bond motifs is 1. The second-order valence-corrected chi connectivity index (χ2v) is 7.28. The summed E-state index contributed by atoms with van der Waals surface area (Å²) >= 11 is 0. The highest BCUT2D eigenvalue weighted by Crippen LogP contribution is 2.28. The number of aliphatic imine (C=N–C) groups is 1. The quantitative estimate of drug-likeness (QED) is 0.659. The summed E-state index contributed by atoms with van der Waals surface area (Å²) in [4.78, 5) is 45.6. The average Bonchev–Trinajstić information content (AvgIpc) is 2.58. The number of imide groups is 1. The summed E-state index contributed by atoms with van der Waals surface area (Å²) in [5.74, 6) is -0.747. The molecule has 0 saturated carbocycles. The maximum atomic E-state index is 13.1. The average molecular weight is 377 g/mol. The number of hydrogen-bond acceptors (Lipinski definition) is 5. The topological polar surface area (TPSA) is 82.3 Å². The number of dihydropyridines is 1. The first-order valence-electron chi connectivity index (χ1n) is 9.26. The number of ether oxygens (including phenoxy) is 1. The van der Waals surface area contributed by atoms with Crippen LogP contribution < -0.4 is 0 Å². The van der Waals surface area contributed by atoms with Crippen molar-refractivity contribution in [3.63, 3.8) is 0 Å². The molecule has 0 aromatic carbocycles. The number of allylic oxidation sites excluding steroid dienone is 1. The van der Waals surface area contributed by atoms with E-state index >= 15 is 0 Å². The van der Waals surface area contributed by atoms with E-state index in [1.54, 1.807) is 18.2 Å². The van der Waals surface area contributed by atoms with E-state index in [1.807, 2.05) is 41.5 Å². The molecule has 0 aromatic rings. The lowest BCUT2D eigenvalue weighted by molar-refractivity contribution is -0.408. The zero-order valence-corrected chi connectivity index (χ0v) is 17.1. The number of hydrogen-bond donors (Lipinski definition) is 0. The maximum absolute atomic E-state index is 13.1. The second-order valence-electron chi connectivity index (χ2n) is 7.28. The summed E-state index contributed by atoms with van der Waals surface area (Å²) in [5, 5.41) is 0. The van der Waals surface area contributed by atoms with Crippen molar-refractivity contribution in [2.45, 2.75) is 53.6 Å². The molecule has 0 aliphatic carbocycles. The normalized spacial score (nSPS) is 20.0. The van der Waals surface area contributed by atoms with Gasteiger partial charge in [-0.25, -0.2) is 4.79 Å². The molecule has 1 atom stereocenters. The van der Waals surface area contributed by atoms with E-state index in [0.29, 0.717) is 18.2 Å². The zero-order valence-electron chi connectivity index (χ0n) is 17.1. The van der Waals surface area contributed by atoms with Gasteiger partial charge in [0.1, 0.15) is 12.0 Å².